The Morgan fingerprint density at radius 1 is 1.10 bits per heavy atom. The molecule has 104 valence electrons. The number of benzene rings is 2. The molecular weight excluding hydrogens is 273 g/mol. The Labute approximate surface area is 119 Å². The van der Waals surface area contributed by atoms with E-state index in [2.05, 4.69) is 9.97 Å². The molecule has 1 heterocycles. The lowest BCUT2D eigenvalue weighted by Crippen LogP contribution is -1.87. The fourth-order valence-corrected chi connectivity index (χ4v) is 2.02. The molecule has 1 N–H and O–H groups in total. The number of non-ortho nitro benzene ring substituents is 1. The number of nitrogens with zero attached hydrogens (tertiary/aromatic N) is 2. The first-order valence-electron chi connectivity index (χ1n) is 6.20. The minimum Gasteiger partial charge on any atom is -0.338 e. The van der Waals surface area contributed by atoms with Gasteiger partial charge in [-0.2, -0.15) is 0 Å². The lowest BCUT2D eigenvalue weighted by atomic mass is 10.1. The van der Waals surface area contributed by atoms with Crippen LogP contribution in [0.5, 0.6) is 0 Å². The minimum absolute atomic E-state index is 0.0209. The largest absolute Gasteiger partial charge is 0.338 e. The zero-order valence-corrected chi connectivity index (χ0v) is 10.8. The first-order valence-corrected chi connectivity index (χ1v) is 6.20. The number of hydrogen-bond donors (Lipinski definition) is 1. The van der Waals surface area contributed by atoms with Crippen LogP contribution in [0, 0.1) is 15.9 Å². The Hall–Kier alpha value is -3.02. The molecule has 0 radical (unpaired) electrons. The predicted octanol–water partition coefficient (Wildman–Crippen LogP) is 3.79. The molecule has 6 heteroatoms. The van der Waals surface area contributed by atoms with Gasteiger partial charge in [0.05, 0.1) is 22.4 Å². The summed E-state index contributed by atoms with van der Waals surface area (Å²) in [5.74, 6) is 0.0588. The summed E-state index contributed by atoms with van der Waals surface area (Å²) in [6, 6.07) is 12.4. The van der Waals surface area contributed by atoms with Gasteiger partial charge in [-0.25, -0.2) is 9.37 Å². The number of nitrogens with one attached hydrogen (secondary N) is 1. The average Bonchev–Trinajstić information content (AvgIpc) is 2.97. The number of aromatic amines is 1. The van der Waals surface area contributed by atoms with E-state index in [-0.39, 0.29) is 11.5 Å². The van der Waals surface area contributed by atoms with Gasteiger partial charge in [-0.15, -0.1) is 0 Å². The topological polar surface area (TPSA) is 71.8 Å². The quantitative estimate of drug-likeness (QED) is 0.587. The maximum absolute atomic E-state index is 13.7. The van der Waals surface area contributed by atoms with Gasteiger partial charge in [0.1, 0.15) is 11.6 Å². The van der Waals surface area contributed by atoms with Crippen molar-refractivity contribution in [2.45, 2.75) is 0 Å². The van der Waals surface area contributed by atoms with E-state index in [1.54, 1.807) is 36.5 Å². The zero-order valence-electron chi connectivity index (χ0n) is 10.8. The first kappa shape index (κ1) is 13.0. The highest BCUT2D eigenvalue weighted by atomic mass is 19.1. The molecule has 0 bridgehead atoms. The van der Waals surface area contributed by atoms with Crippen molar-refractivity contribution < 1.29 is 9.31 Å². The Bertz CT molecular complexity index is 797. The Morgan fingerprint density at radius 3 is 2.48 bits per heavy atom. The van der Waals surface area contributed by atoms with Crippen molar-refractivity contribution in [3.8, 4) is 22.6 Å². The monoisotopic (exact) mass is 283 g/mol. The third kappa shape index (κ3) is 2.51. The molecule has 0 aliphatic rings. The highest BCUT2D eigenvalue weighted by molar-refractivity contribution is 5.65. The van der Waals surface area contributed by atoms with Gasteiger partial charge in [-0.1, -0.05) is 12.1 Å². The summed E-state index contributed by atoms with van der Waals surface area (Å²) in [7, 11) is 0. The van der Waals surface area contributed by atoms with E-state index in [9.17, 15) is 14.5 Å². The van der Waals surface area contributed by atoms with Crippen molar-refractivity contribution in [1.82, 2.24) is 9.97 Å². The highest BCUT2D eigenvalue weighted by Gasteiger charge is 2.10. The van der Waals surface area contributed by atoms with Crippen LogP contribution in [0.15, 0.2) is 54.7 Å². The van der Waals surface area contributed by atoms with Crippen LogP contribution in [0.3, 0.4) is 0 Å². The number of halogens is 1. The lowest BCUT2D eigenvalue weighted by Gasteiger charge is -1.99. The fourth-order valence-electron chi connectivity index (χ4n) is 2.02. The average molecular weight is 283 g/mol. The van der Waals surface area contributed by atoms with Gasteiger partial charge in [0, 0.05) is 17.7 Å². The molecule has 21 heavy (non-hydrogen) atoms. The molecule has 2 aromatic carbocycles. The third-order valence-corrected chi connectivity index (χ3v) is 3.09. The first-order chi connectivity index (χ1) is 10.1. The second-order valence-electron chi connectivity index (χ2n) is 4.43. The molecule has 0 aliphatic carbocycles. The summed E-state index contributed by atoms with van der Waals surface area (Å²) < 4.78 is 13.7. The summed E-state index contributed by atoms with van der Waals surface area (Å²) in [4.78, 5) is 17.3. The van der Waals surface area contributed by atoms with Crippen molar-refractivity contribution in [2.24, 2.45) is 0 Å². The summed E-state index contributed by atoms with van der Waals surface area (Å²) in [5.41, 5.74) is 1.82. The van der Waals surface area contributed by atoms with Gasteiger partial charge < -0.3 is 4.98 Å². The Morgan fingerprint density at radius 2 is 1.81 bits per heavy atom. The maximum Gasteiger partial charge on any atom is 0.269 e. The second kappa shape index (κ2) is 5.16. The molecule has 0 aliphatic heterocycles. The molecule has 5 nitrogen and oxygen atoms in total. The summed E-state index contributed by atoms with van der Waals surface area (Å²) in [5, 5.41) is 10.6. The normalized spacial score (nSPS) is 10.5. The van der Waals surface area contributed by atoms with Gasteiger partial charge in [0.2, 0.25) is 0 Å². The summed E-state index contributed by atoms with van der Waals surface area (Å²) in [6.07, 6.45) is 1.57. The van der Waals surface area contributed by atoms with Gasteiger partial charge in [-0.3, -0.25) is 10.1 Å². The third-order valence-electron chi connectivity index (χ3n) is 3.09. The van der Waals surface area contributed by atoms with Gasteiger partial charge in [0.15, 0.2) is 0 Å². The summed E-state index contributed by atoms with van der Waals surface area (Å²) in [6.45, 7) is 0. The molecule has 0 saturated carbocycles. The molecule has 3 rings (SSSR count). The van der Waals surface area contributed by atoms with Crippen LogP contribution in [0.2, 0.25) is 0 Å². The molecule has 0 amide bonds. The second-order valence-corrected chi connectivity index (χ2v) is 4.43. The number of aromatic nitrogens is 2. The number of rotatable bonds is 3. The minimum atomic E-state index is -0.457. The SMILES string of the molecule is O=[N+]([O-])c1ccc(-c2cnc(-c3ccccc3F)[nH]2)cc1. The number of hydrogen-bond acceptors (Lipinski definition) is 3. The van der Waals surface area contributed by atoms with Crippen molar-refractivity contribution in [1.29, 1.82) is 0 Å². The molecule has 0 fully saturated rings. The number of H-pyrrole nitrogens is 1. The predicted molar refractivity (Wildman–Crippen MR) is 76.1 cm³/mol. The number of nitro groups is 1. The van der Waals surface area contributed by atoms with Crippen molar-refractivity contribution in [3.63, 3.8) is 0 Å². The van der Waals surface area contributed by atoms with Gasteiger partial charge >= 0.3 is 0 Å². The van der Waals surface area contributed by atoms with Gasteiger partial charge in [0.25, 0.3) is 5.69 Å². The molecule has 3 aromatic rings. The smallest absolute Gasteiger partial charge is 0.269 e. The van der Waals surface area contributed by atoms with Crippen LogP contribution in [0.1, 0.15) is 0 Å². The van der Waals surface area contributed by atoms with Crippen molar-refractivity contribution in [3.05, 3.63) is 70.7 Å². The maximum atomic E-state index is 13.7. The standard InChI is InChI=1S/C15H10FN3O2/c16-13-4-2-1-3-12(13)15-17-9-14(18-15)10-5-7-11(8-6-10)19(20)21/h1-9H,(H,17,18). The fraction of sp³-hybridized carbons (Fsp3) is 0. The molecule has 0 atom stereocenters. The van der Waals surface area contributed by atoms with E-state index in [0.29, 0.717) is 17.1 Å². The van der Waals surface area contributed by atoms with E-state index in [1.165, 1.54) is 18.2 Å². The van der Waals surface area contributed by atoms with Crippen LogP contribution < -0.4 is 0 Å². The van der Waals surface area contributed by atoms with Crippen LogP contribution in [-0.2, 0) is 0 Å². The molecule has 0 unspecified atom stereocenters. The molecular formula is C15H10FN3O2. The van der Waals surface area contributed by atoms with Crippen molar-refractivity contribution in [2.75, 3.05) is 0 Å². The number of nitro benzene ring substituents is 1. The van der Waals surface area contributed by atoms with Crippen LogP contribution in [0.4, 0.5) is 10.1 Å². The van der Waals surface area contributed by atoms with Crippen LogP contribution in [-0.4, -0.2) is 14.9 Å². The molecule has 0 saturated heterocycles. The van der Waals surface area contributed by atoms with Crippen molar-refractivity contribution >= 4 is 5.69 Å². The lowest BCUT2D eigenvalue weighted by molar-refractivity contribution is -0.384. The Balaban J connectivity index is 1.95. The molecule has 1 aromatic heterocycles. The molecule has 0 spiro atoms. The van der Waals surface area contributed by atoms with Gasteiger partial charge in [-0.05, 0) is 24.3 Å². The Kier molecular flexibility index (Phi) is 3.19. The summed E-state index contributed by atoms with van der Waals surface area (Å²) >= 11 is 0. The zero-order chi connectivity index (χ0) is 14.8. The van der Waals surface area contributed by atoms with E-state index >= 15 is 0 Å². The highest BCUT2D eigenvalue weighted by Crippen LogP contribution is 2.25. The number of imidazole rings is 1. The van der Waals surface area contributed by atoms with Crippen LogP contribution in [0.25, 0.3) is 22.6 Å². The van der Waals surface area contributed by atoms with E-state index in [4.69, 9.17) is 0 Å². The van der Waals surface area contributed by atoms with E-state index < -0.39 is 4.92 Å². The van der Waals surface area contributed by atoms with Crippen LogP contribution >= 0.6 is 0 Å². The van der Waals surface area contributed by atoms with E-state index in [1.807, 2.05) is 0 Å². The van der Waals surface area contributed by atoms with E-state index in [0.717, 1.165) is 5.56 Å².